The summed E-state index contributed by atoms with van der Waals surface area (Å²) >= 11 is 0. The molecule has 0 aliphatic heterocycles. The second-order valence-electron chi connectivity index (χ2n) is 5.27. The van der Waals surface area contributed by atoms with Gasteiger partial charge in [-0.15, -0.1) is 0 Å². The van der Waals surface area contributed by atoms with Crippen LogP contribution < -0.4 is 0 Å². The molecular formula is C16H25NO3. The van der Waals surface area contributed by atoms with Crippen molar-refractivity contribution in [2.24, 2.45) is 0 Å². The van der Waals surface area contributed by atoms with Crippen molar-refractivity contribution in [3.05, 3.63) is 29.3 Å². The van der Waals surface area contributed by atoms with Gasteiger partial charge in [0.2, 0.25) is 0 Å². The molecule has 1 aromatic rings. The van der Waals surface area contributed by atoms with E-state index < -0.39 is 0 Å². The van der Waals surface area contributed by atoms with E-state index in [1.807, 2.05) is 6.07 Å². The number of hydrogen-bond donors (Lipinski definition) is 1. The van der Waals surface area contributed by atoms with Gasteiger partial charge in [-0.3, -0.25) is 4.90 Å². The van der Waals surface area contributed by atoms with E-state index >= 15 is 0 Å². The molecule has 0 aromatic heterocycles. The highest BCUT2D eigenvalue weighted by Gasteiger charge is 2.26. The van der Waals surface area contributed by atoms with Gasteiger partial charge in [-0.05, 0) is 36.5 Å². The van der Waals surface area contributed by atoms with Crippen LogP contribution in [0, 0.1) is 0 Å². The van der Waals surface area contributed by atoms with Crippen LogP contribution >= 0.6 is 0 Å². The molecule has 0 bridgehead atoms. The van der Waals surface area contributed by atoms with Crippen molar-refractivity contribution in [3.63, 3.8) is 0 Å². The van der Waals surface area contributed by atoms with Gasteiger partial charge in [0.05, 0.1) is 13.2 Å². The minimum Gasteiger partial charge on any atom is -0.508 e. The first-order valence-electron chi connectivity index (χ1n) is 7.30. The summed E-state index contributed by atoms with van der Waals surface area (Å²) in [5.41, 5.74) is 2.38. The topological polar surface area (TPSA) is 41.9 Å². The molecule has 0 spiro atoms. The molecule has 0 saturated carbocycles. The number of aromatic hydroxyl groups is 1. The van der Waals surface area contributed by atoms with E-state index in [1.54, 1.807) is 20.3 Å². The van der Waals surface area contributed by atoms with Crippen LogP contribution in [0.2, 0.25) is 0 Å². The van der Waals surface area contributed by atoms with Gasteiger partial charge >= 0.3 is 0 Å². The van der Waals surface area contributed by atoms with Crippen molar-refractivity contribution in [1.82, 2.24) is 4.90 Å². The lowest BCUT2D eigenvalue weighted by Crippen LogP contribution is -2.36. The Balaban J connectivity index is 2.19. The minimum absolute atomic E-state index is 0.358. The van der Waals surface area contributed by atoms with Gasteiger partial charge in [-0.25, -0.2) is 0 Å². The van der Waals surface area contributed by atoms with Crippen LogP contribution in [0.3, 0.4) is 0 Å². The van der Waals surface area contributed by atoms with Crippen LogP contribution in [-0.2, 0) is 15.9 Å². The van der Waals surface area contributed by atoms with Crippen LogP contribution in [0.5, 0.6) is 5.75 Å². The number of phenolic OH excluding ortho intramolecular Hbond substituents is 1. The van der Waals surface area contributed by atoms with E-state index in [1.165, 1.54) is 5.56 Å². The molecule has 20 heavy (non-hydrogen) atoms. The maximum absolute atomic E-state index is 10.0. The molecule has 0 fully saturated rings. The summed E-state index contributed by atoms with van der Waals surface area (Å²) < 4.78 is 10.4. The summed E-state index contributed by atoms with van der Waals surface area (Å²) in [7, 11) is 3.46. The summed E-state index contributed by atoms with van der Waals surface area (Å²) in [5.74, 6) is 0.436. The normalized spacial score (nSPS) is 18.2. The van der Waals surface area contributed by atoms with E-state index in [9.17, 15) is 5.11 Å². The number of fused-ring (bicyclic) bond motifs is 1. The number of methoxy groups -OCH3 is 2. The smallest absolute Gasteiger partial charge is 0.119 e. The van der Waals surface area contributed by atoms with Crippen molar-refractivity contribution in [2.75, 3.05) is 40.5 Å². The molecule has 0 saturated heterocycles. The lowest BCUT2D eigenvalue weighted by molar-refractivity contribution is 0.0809. The molecule has 0 amide bonds. The third-order valence-electron chi connectivity index (χ3n) is 4.06. The quantitative estimate of drug-likeness (QED) is 0.832. The van der Waals surface area contributed by atoms with Crippen LogP contribution in [0.1, 0.15) is 30.0 Å². The predicted octanol–water partition coefficient (Wildman–Crippen LogP) is 2.36. The van der Waals surface area contributed by atoms with Crippen LogP contribution in [0.15, 0.2) is 18.2 Å². The molecule has 2 rings (SSSR count). The summed E-state index contributed by atoms with van der Waals surface area (Å²) in [5, 5.41) is 10.0. The number of benzene rings is 1. The third-order valence-corrected chi connectivity index (χ3v) is 4.06. The van der Waals surface area contributed by atoms with Gasteiger partial charge in [0.1, 0.15) is 5.75 Å². The molecule has 112 valence electrons. The number of rotatable bonds is 7. The third kappa shape index (κ3) is 3.51. The molecular weight excluding hydrogens is 254 g/mol. The predicted molar refractivity (Wildman–Crippen MR) is 79.1 cm³/mol. The zero-order chi connectivity index (χ0) is 14.4. The first-order chi connectivity index (χ1) is 9.77. The Kier molecular flexibility index (Phi) is 5.83. The molecule has 4 heteroatoms. The Bertz CT molecular complexity index is 414. The Labute approximate surface area is 121 Å². The SMILES string of the molecule is COCCN(CCOC)C1CCCc2c(O)cccc21. The van der Waals surface area contributed by atoms with Crippen LogP contribution in [0.25, 0.3) is 0 Å². The molecule has 1 aromatic carbocycles. The largest absolute Gasteiger partial charge is 0.508 e. The average Bonchev–Trinajstić information content (AvgIpc) is 2.48. The van der Waals surface area contributed by atoms with Gasteiger partial charge in [-0.2, -0.15) is 0 Å². The maximum Gasteiger partial charge on any atom is 0.119 e. The van der Waals surface area contributed by atoms with Gasteiger partial charge in [0.15, 0.2) is 0 Å². The minimum atomic E-state index is 0.358. The van der Waals surface area contributed by atoms with Crippen molar-refractivity contribution >= 4 is 0 Å². The molecule has 1 aliphatic rings. The monoisotopic (exact) mass is 279 g/mol. The fraction of sp³-hybridized carbons (Fsp3) is 0.625. The van der Waals surface area contributed by atoms with Crippen LogP contribution in [-0.4, -0.2) is 50.5 Å². The molecule has 4 nitrogen and oxygen atoms in total. The highest BCUT2D eigenvalue weighted by atomic mass is 16.5. The van der Waals surface area contributed by atoms with Gasteiger partial charge in [0, 0.05) is 33.4 Å². The summed E-state index contributed by atoms with van der Waals surface area (Å²) in [6.45, 7) is 3.21. The van der Waals surface area contributed by atoms with E-state index in [0.717, 1.165) is 37.9 Å². The zero-order valence-corrected chi connectivity index (χ0v) is 12.5. The molecule has 0 heterocycles. The standard InChI is InChI=1S/C16H25NO3/c1-19-11-9-17(10-12-20-2)15-7-3-6-14-13(15)5-4-8-16(14)18/h4-5,8,15,18H,3,6-7,9-12H2,1-2H3. The lowest BCUT2D eigenvalue weighted by Gasteiger charge is -2.36. The molecule has 0 radical (unpaired) electrons. The number of hydrogen-bond acceptors (Lipinski definition) is 4. The second kappa shape index (κ2) is 7.62. The average molecular weight is 279 g/mol. The van der Waals surface area contributed by atoms with E-state index in [0.29, 0.717) is 25.0 Å². The highest BCUT2D eigenvalue weighted by Crippen LogP contribution is 2.37. The number of phenols is 1. The molecule has 1 N–H and O–H groups in total. The summed E-state index contributed by atoms with van der Waals surface area (Å²) in [4.78, 5) is 2.41. The second-order valence-corrected chi connectivity index (χ2v) is 5.27. The Morgan fingerprint density at radius 2 is 1.90 bits per heavy atom. The van der Waals surface area contributed by atoms with Gasteiger partial charge in [0.25, 0.3) is 0 Å². The first-order valence-corrected chi connectivity index (χ1v) is 7.30. The van der Waals surface area contributed by atoms with Gasteiger partial charge in [-0.1, -0.05) is 12.1 Å². The fourth-order valence-corrected chi connectivity index (χ4v) is 3.02. The fourth-order valence-electron chi connectivity index (χ4n) is 3.02. The molecule has 1 unspecified atom stereocenters. The van der Waals surface area contributed by atoms with Crippen molar-refractivity contribution in [3.8, 4) is 5.75 Å². The molecule has 1 atom stereocenters. The number of ether oxygens (including phenoxy) is 2. The van der Waals surface area contributed by atoms with Crippen molar-refractivity contribution < 1.29 is 14.6 Å². The first kappa shape index (κ1) is 15.3. The van der Waals surface area contributed by atoms with E-state index in [2.05, 4.69) is 11.0 Å². The maximum atomic E-state index is 10.0. The lowest BCUT2D eigenvalue weighted by atomic mass is 9.86. The summed E-state index contributed by atoms with van der Waals surface area (Å²) in [6, 6.07) is 6.23. The number of nitrogens with zero attached hydrogens (tertiary/aromatic N) is 1. The summed E-state index contributed by atoms with van der Waals surface area (Å²) in [6.07, 6.45) is 3.22. The van der Waals surface area contributed by atoms with Crippen molar-refractivity contribution in [2.45, 2.75) is 25.3 Å². The van der Waals surface area contributed by atoms with E-state index in [-0.39, 0.29) is 0 Å². The Morgan fingerprint density at radius 3 is 2.55 bits per heavy atom. The zero-order valence-electron chi connectivity index (χ0n) is 12.5. The Morgan fingerprint density at radius 1 is 1.20 bits per heavy atom. The Hall–Kier alpha value is -1.10. The van der Waals surface area contributed by atoms with Crippen molar-refractivity contribution in [1.29, 1.82) is 0 Å². The molecule has 1 aliphatic carbocycles. The van der Waals surface area contributed by atoms with E-state index in [4.69, 9.17) is 9.47 Å². The van der Waals surface area contributed by atoms with Crippen LogP contribution in [0.4, 0.5) is 0 Å². The highest BCUT2D eigenvalue weighted by molar-refractivity contribution is 5.42. The van der Waals surface area contributed by atoms with Gasteiger partial charge < -0.3 is 14.6 Å².